The number of hydrogen-bond donors (Lipinski definition) is 2. The molecular formula is C22H33IN4OS. The molecule has 5 nitrogen and oxygen atoms in total. The van der Waals surface area contributed by atoms with E-state index in [1.165, 1.54) is 16.7 Å². The van der Waals surface area contributed by atoms with E-state index in [2.05, 4.69) is 70.5 Å². The first-order valence-electron chi connectivity index (χ1n) is 10.2. The molecule has 0 amide bonds. The summed E-state index contributed by atoms with van der Waals surface area (Å²) in [5.41, 5.74) is 4.02. The van der Waals surface area contributed by atoms with Crippen LogP contribution in [0.15, 0.2) is 46.1 Å². The second-order valence-corrected chi connectivity index (χ2v) is 7.97. The van der Waals surface area contributed by atoms with Crippen molar-refractivity contribution < 1.29 is 4.74 Å². The van der Waals surface area contributed by atoms with E-state index in [4.69, 9.17) is 9.73 Å². The van der Waals surface area contributed by atoms with Gasteiger partial charge in [0.15, 0.2) is 5.96 Å². The molecule has 0 aliphatic carbocycles. The molecule has 1 aromatic carbocycles. The first-order valence-corrected chi connectivity index (χ1v) is 11.1. The molecule has 0 saturated carbocycles. The highest BCUT2D eigenvalue weighted by Gasteiger charge is 2.13. The molecule has 1 saturated heterocycles. The number of rotatable bonds is 8. The predicted molar refractivity (Wildman–Crippen MR) is 134 cm³/mol. The van der Waals surface area contributed by atoms with Crippen LogP contribution in [0.4, 0.5) is 0 Å². The number of morpholine rings is 1. The Bertz CT molecular complexity index is 732. The topological polar surface area (TPSA) is 48.9 Å². The molecule has 1 aliphatic heterocycles. The largest absolute Gasteiger partial charge is 0.379 e. The Labute approximate surface area is 196 Å². The number of guanidine groups is 1. The quantitative estimate of drug-likeness (QED) is 0.309. The lowest BCUT2D eigenvalue weighted by Crippen LogP contribution is -2.39. The second kappa shape index (κ2) is 13.2. The summed E-state index contributed by atoms with van der Waals surface area (Å²) in [5.74, 6) is 1.34. The fourth-order valence-corrected chi connectivity index (χ4v) is 4.08. The zero-order valence-electron chi connectivity index (χ0n) is 17.4. The van der Waals surface area contributed by atoms with Gasteiger partial charge in [-0.2, -0.15) is 11.3 Å². The number of ether oxygens (including phenoxy) is 1. The molecule has 3 rings (SSSR count). The van der Waals surface area contributed by atoms with Crippen LogP contribution in [-0.4, -0.2) is 50.3 Å². The van der Waals surface area contributed by atoms with Crippen LogP contribution in [0.3, 0.4) is 0 Å². The summed E-state index contributed by atoms with van der Waals surface area (Å²) >= 11 is 1.75. The molecule has 2 aromatic rings. The monoisotopic (exact) mass is 528 g/mol. The fourth-order valence-electron chi connectivity index (χ4n) is 3.30. The number of aliphatic imine (C=N–C) groups is 1. The molecule has 0 radical (unpaired) electrons. The Morgan fingerprint density at radius 2 is 1.93 bits per heavy atom. The summed E-state index contributed by atoms with van der Waals surface area (Å²) < 4.78 is 5.47. The average Bonchev–Trinajstić information content (AvgIpc) is 3.27. The number of thiophene rings is 1. The average molecular weight is 529 g/mol. The van der Waals surface area contributed by atoms with Crippen molar-refractivity contribution in [3.05, 3.63) is 57.8 Å². The molecule has 1 fully saturated rings. The Hall–Kier alpha value is -1.16. The summed E-state index contributed by atoms with van der Waals surface area (Å²) in [4.78, 5) is 7.30. The molecule has 2 N–H and O–H groups in total. The van der Waals surface area contributed by atoms with Crippen LogP contribution in [0.1, 0.15) is 36.5 Å². The van der Waals surface area contributed by atoms with E-state index in [1.807, 2.05) is 0 Å². The Balaban J connectivity index is 0.00000300. The van der Waals surface area contributed by atoms with E-state index >= 15 is 0 Å². The Kier molecular flexibility index (Phi) is 11.0. The minimum atomic E-state index is 0. The van der Waals surface area contributed by atoms with Crippen LogP contribution in [0, 0.1) is 0 Å². The third-order valence-corrected chi connectivity index (χ3v) is 5.76. The lowest BCUT2D eigenvalue weighted by molar-refractivity contribution is 0.0341. The standard InChI is InChI=1S/C22H32N4OS.HI/c1-3-23-22(24-14-18(2)21-8-13-28-17-21)25-15-19-6-4-5-7-20(19)16-26-9-11-27-12-10-26;/h4-8,13,17-18H,3,9-12,14-16H2,1-2H3,(H2,23,24,25);1H. The van der Waals surface area contributed by atoms with Gasteiger partial charge < -0.3 is 15.4 Å². The highest BCUT2D eigenvalue weighted by molar-refractivity contribution is 14.0. The van der Waals surface area contributed by atoms with Crippen LogP contribution < -0.4 is 10.6 Å². The summed E-state index contributed by atoms with van der Waals surface area (Å²) in [6.07, 6.45) is 0. The Morgan fingerprint density at radius 1 is 1.17 bits per heavy atom. The number of nitrogens with zero attached hydrogens (tertiary/aromatic N) is 2. The van der Waals surface area contributed by atoms with Gasteiger partial charge in [-0.15, -0.1) is 24.0 Å². The third-order valence-electron chi connectivity index (χ3n) is 5.06. The van der Waals surface area contributed by atoms with Crippen LogP contribution in [0.5, 0.6) is 0 Å². The van der Waals surface area contributed by atoms with Gasteiger partial charge in [0.1, 0.15) is 0 Å². The number of benzene rings is 1. The van der Waals surface area contributed by atoms with Crippen molar-refractivity contribution in [2.45, 2.75) is 32.9 Å². The minimum Gasteiger partial charge on any atom is -0.379 e. The van der Waals surface area contributed by atoms with E-state index in [0.29, 0.717) is 12.5 Å². The van der Waals surface area contributed by atoms with Crippen molar-refractivity contribution in [3.8, 4) is 0 Å². The van der Waals surface area contributed by atoms with Gasteiger partial charge in [0.05, 0.1) is 19.8 Å². The molecule has 1 aliphatic rings. The van der Waals surface area contributed by atoms with Gasteiger partial charge in [-0.05, 0) is 46.4 Å². The van der Waals surface area contributed by atoms with Gasteiger partial charge in [-0.1, -0.05) is 31.2 Å². The van der Waals surface area contributed by atoms with Crippen LogP contribution in [0.2, 0.25) is 0 Å². The fraction of sp³-hybridized carbons (Fsp3) is 0.500. The summed E-state index contributed by atoms with van der Waals surface area (Å²) in [7, 11) is 0. The van der Waals surface area contributed by atoms with Crippen LogP contribution in [-0.2, 0) is 17.8 Å². The van der Waals surface area contributed by atoms with E-state index in [9.17, 15) is 0 Å². The normalized spacial score (nSPS) is 16.1. The summed E-state index contributed by atoms with van der Waals surface area (Å²) in [5, 5.41) is 11.2. The molecule has 1 atom stereocenters. The molecule has 7 heteroatoms. The van der Waals surface area contributed by atoms with E-state index in [0.717, 1.165) is 51.9 Å². The molecule has 0 bridgehead atoms. The zero-order chi connectivity index (χ0) is 19.6. The predicted octanol–water partition coefficient (Wildman–Crippen LogP) is 4.06. The zero-order valence-corrected chi connectivity index (χ0v) is 20.5. The van der Waals surface area contributed by atoms with Gasteiger partial charge >= 0.3 is 0 Å². The molecule has 1 aromatic heterocycles. The van der Waals surface area contributed by atoms with Crippen LogP contribution in [0.25, 0.3) is 0 Å². The van der Waals surface area contributed by atoms with Gasteiger partial charge in [-0.25, -0.2) is 4.99 Å². The number of halogens is 1. The van der Waals surface area contributed by atoms with Crippen molar-refractivity contribution in [1.82, 2.24) is 15.5 Å². The van der Waals surface area contributed by atoms with E-state index < -0.39 is 0 Å². The molecule has 29 heavy (non-hydrogen) atoms. The van der Waals surface area contributed by atoms with Crippen LogP contribution >= 0.6 is 35.3 Å². The van der Waals surface area contributed by atoms with Crippen molar-refractivity contribution in [2.24, 2.45) is 4.99 Å². The highest BCUT2D eigenvalue weighted by Crippen LogP contribution is 2.17. The first-order chi connectivity index (χ1) is 13.8. The van der Waals surface area contributed by atoms with Gasteiger partial charge in [-0.3, -0.25) is 4.90 Å². The maximum atomic E-state index is 5.47. The van der Waals surface area contributed by atoms with Gasteiger partial charge in [0.2, 0.25) is 0 Å². The minimum absolute atomic E-state index is 0. The molecule has 0 spiro atoms. The van der Waals surface area contributed by atoms with Crippen molar-refractivity contribution in [1.29, 1.82) is 0 Å². The van der Waals surface area contributed by atoms with Gasteiger partial charge in [0, 0.05) is 32.7 Å². The van der Waals surface area contributed by atoms with Crippen molar-refractivity contribution >= 4 is 41.3 Å². The summed E-state index contributed by atoms with van der Waals surface area (Å²) in [6.45, 7) is 11.4. The molecular weight excluding hydrogens is 495 g/mol. The highest BCUT2D eigenvalue weighted by atomic mass is 127. The first kappa shape index (κ1) is 24.1. The second-order valence-electron chi connectivity index (χ2n) is 7.19. The Morgan fingerprint density at radius 3 is 2.62 bits per heavy atom. The van der Waals surface area contributed by atoms with Gasteiger partial charge in [0.25, 0.3) is 0 Å². The number of hydrogen-bond acceptors (Lipinski definition) is 4. The number of nitrogens with one attached hydrogen (secondary N) is 2. The molecule has 2 heterocycles. The maximum Gasteiger partial charge on any atom is 0.191 e. The third kappa shape index (κ3) is 7.88. The lowest BCUT2D eigenvalue weighted by atomic mass is 10.1. The van der Waals surface area contributed by atoms with E-state index in [-0.39, 0.29) is 24.0 Å². The van der Waals surface area contributed by atoms with E-state index in [1.54, 1.807) is 11.3 Å². The molecule has 160 valence electrons. The van der Waals surface area contributed by atoms with Crippen molar-refractivity contribution in [3.63, 3.8) is 0 Å². The lowest BCUT2D eigenvalue weighted by Gasteiger charge is -2.27. The van der Waals surface area contributed by atoms with Crippen molar-refractivity contribution in [2.75, 3.05) is 39.4 Å². The maximum absolute atomic E-state index is 5.47. The molecule has 1 unspecified atom stereocenters. The summed E-state index contributed by atoms with van der Waals surface area (Å²) in [6, 6.07) is 10.8. The SMILES string of the molecule is CCNC(=NCc1ccccc1CN1CCOCC1)NCC(C)c1ccsc1.I. The smallest absolute Gasteiger partial charge is 0.191 e.